The molecule has 3 nitrogen and oxygen atoms in total. The van der Waals surface area contributed by atoms with E-state index in [1.54, 1.807) is 6.07 Å². The largest absolute Gasteiger partial charge is 0.504 e. The van der Waals surface area contributed by atoms with E-state index in [4.69, 9.17) is 10.5 Å². The van der Waals surface area contributed by atoms with Gasteiger partial charge in [-0.25, -0.2) is 0 Å². The summed E-state index contributed by atoms with van der Waals surface area (Å²) in [6.45, 7) is 2.46. The lowest BCUT2D eigenvalue weighted by atomic mass is 9.92. The minimum atomic E-state index is 0. The second-order valence-electron chi connectivity index (χ2n) is 4.73. The van der Waals surface area contributed by atoms with E-state index in [2.05, 4.69) is 0 Å². The summed E-state index contributed by atoms with van der Waals surface area (Å²) >= 11 is 0. The molecule has 0 aliphatic heterocycles. The van der Waals surface area contributed by atoms with Crippen molar-refractivity contribution in [2.45, 2.75) is 38.6 Å². The first-order valence-corrected chi connectivity index (χ1v) is 6.43. The van der Waals surface area contributed by atoms with E-state index in [1.807, 2.05) is 19.1 Å². The highest BCUT2D eigenvalue weighted by Gasteiger charge is 2.23. The molecule has 1 saturated carbocycles. The number of rotatable bonds is 4. The fourth-order valence-corrected chi connectivity index (χ4v) is 2.60. The Bertz CT molecular complexity index is 378. The highest BCUT2D eigenvalue weighted by atomic mass is 35.5. The molecule has 1 aliphatic rings. The van der Waals surface area contributed by atoms with Gasteiger partial charge in [-0.05, 0) is 43.4 Å². The van der Waals surface area contributed by atoms with Gasteiger partial charge in [0.15, 0.2) is 11.5 Å². The van der Waals surface area contributed by atoms with Crippen LogP contribution in [0.5, 0.6) is 11.5 Å². The van der Waals surface area contributed by atoms with Gasteiger partial charge in [-0.15, -0.1) is 12.4 Å². The second kappa shape index (κ2) is 6.86. The summed E-state index contributed by atoms with van der Waals surface area (Å²) in [5.41, 5.74) is 7.35. The minimum Gasteiger partial charge on any atom is -0.504 e. The van der Waals surface area contributed by atoms with Crippen LogP contribution in [-0.2, 0) is 0 Å². The van der Waals surface area contributed by atoms with Crippen molar-refractivity contribution in [3.63, 3.8) is 0 Å². The lowest BCUT2D eigenvalue weighted by Crippen LogP contribution is -2.19. The first-order valence-electron chi connectivity index (χ1n) is 6.43. The molecule has 1 aliphatic carbocycles. The summed E-state index contributed by atoms with van der Waals surface area (Å²) in [6.07, 6.45) is 5.00. The number of benzene rings is 1. The first kappa shape index (κ1) is 15.1. The van der Waals surface area contributed by atoms with Crippen molar-refractivity contribution in [2.24, 2.45) is 11.7 Å². The SMILES string of the molecule is CCOc1cc([C@H](N)C2CCCC2)ccc1O.Cl. The summed E-state index contributed by atoms with van der Waals surface area (Å²) in [6, 6.07) is 5.52. The Morgan fingerprint density at radius 2 is 2.06 bits per heavy atom. The summed E-state index contributed by atoms with van der Waals surface area (Å²) in [5.74, 6) is 1.31. The van der Waals surface area contributed by atoms with Gasteiger partial charge >= 0.3 is 0 Å². The van der Waals surface area contributed by atoms with E-state index < -0.39 is 0 Å². The molecule has 0 aromatic heterocycles. The Morgan fingerprint density at radius 1 is 1.39 bits per heavy atom. The molecular formula is C14H22ClNO2. The van der Waals surface area contributed by atoms with Crippen molar-refractivity contribution < 1.29 is 9.84 Å². The smallest absolute Gasteiger partial charge is 0.161 e. The Kier molecular flexibility index (Phi) is 5.76. The van der Waals surface area contributed by atoms with Gasteiger partial charge in [-0.1, -0.05) is 18.9 Å². The fraction of sp³-hybridized carbons (Fsp3) is 0.571. The van der Waals surface area contributed by atoms with Crippen LogP contribution in [0.25, 0.3) is 0 Å². The maximum absolute atomic E-state index is 9.65. The van der Waals surface area contributed by atoms with Crippen molar-refractivity contribution in [1.82, 2.24) is 0 Å². The van der Waals surface area contributed by atoms with Gasteiger partial charge in [0, 0.05) is 6.04 Å². The van der Waals surface area contributed by atoms with Crippen LogP contribution < -0.4 is 10.5 Å². The number of hydrogen-bond donors (Lipinski definition) is 2. The van der Waals surface area contributed by atoms with Crippen LogP contribution in [0.15, 0.2) is 18.2 Å². The molecular weight excluding hydrogens is 250 g/mol. The Morgan fingerprint density at radius 3 is 2.67 bits per heavy atom. The zero-order valence-corrected chi connectivity index (χ0v) is 11.6. The Hall–Kier alpha value is -0.930. The number of halogens is 1. The van der Waals surface area contributed by atoms with Gasteiger partial charge in [-0.2, -0.15) is 0 Å². The molecule has 1 aromatic carbocycles. The standard InChI is InChI=1S/C14H21NO2.ClH/c1-2-17-13-9-11(7-8-12(13)16)14(15)10-5-3-4-6-10;/h7-10,14,16H,2-6,15H2,1H3;1H/t14-;/m1./s1. The van der Waals surface area contributed by atoms with Crippen LogP contribution in [0.2, 0.25) is 0 Å². The monoisotopic (exact) mass is 271 g/mol. The number of hydrogen-bond acceptors (Lipinski definition) is 3. The molecule has 1 fully saturated rings. The summed E-state index contributed by atoms with van der Waals surface area (Å²) in [7, 11) is 0. The lowest BCUT2D eigenvalue weighted by Gasteiger charge is -2.20. The van der Waals surface area contributed by atoms with Gasteiger partial charge in [0.2, 0.25) is 0 Å². The second-order valence-corrected chi connectivity index (χ2v) is 4.73. The van der Waals surface area contributed by atoms with Crippen molar-refractivity contribution >= 4 is 12.4 Å². The Balaban J connectivity index is 0.00000162. The average Bonchev–Trinajstić information content (AvgIpc) is 2.85. The van der Waals surface area contributed by atoms with E-state index in [0.717, 1.165) is 5.56 Å². The van der Waals surface area contributed by atoms with Crippen LogP contribution >= 0.6 is 12.4 Å². The normalized spacial score (nSPS) is 17.2. The van der Waals surface area contributed by atoms with Crippen molar-refractivity contribution in [2.75, 3.05) is 6.61 Å². The molecule has 18 heavy (non-hydrogen) atoms. The maximum atomic E-state index is 9.65. The number of nitrogens with two attached hydrogens (primary N) is 1. The van der Waals surface area contributed by atoms with Crippen LogP contribution in [0.1, 0.15) is 44.2 Å². The van der Waals surface area contributed by atoms with Crippen molar-refractivity contribution in [1.29, 1.82) is 0 Å². The maximum Gasteiger partial charge on any atom is 0.161 e. The first-order chi connectivity index (χ1) is 8.22. The molecule has 0 radical (unpaired) electrons. The molecule has 2 rings (SSSR count). The van der Waals surface area contributed by atoms with Gasteiger partial charge in [0.25, 0.3) is 0 Å². The number of ether oxygens (including phenoxy) is 1. The highest BCUT2D eigenvalue weighted by molar-refractivity contribution is 5.85. The van der Waals surface area contributed by atoms with Crippen LogP contribution in [0.4, 0.5) is 0 Å². The zero-order valence-electron chi connectivity index (χ0n) is 10.8. The van der Waals surface area contributed by atoms with Crippen LogP contribution in [0.3, 0.4) is 0 Å². The molecule has 0 bridgehead atoms. The molecule has 1 aromatic rings. The van der Waals surface area contributed by atoms with Gasteiger partial charge < -0.3 is 15.6 Å². The average molecular weight is 272 g/mol. The third-order valence-corrected chi connectivity index (χ3v) is 3.58. The number of phenolic OH excluding ortho intramolecular Hbond substituents is 1. The molecule has 4 heteroatoms. The van der Waals surface area contributed by atoms with E-state index in [0.29, 0.717) is 18.3 Å². The van der Waals surface area contributed by atoms with E-state index in [-0.39, 0.29) is 24.2 Å². The predicted molar refractivity (Wildman–Crippen MR) is 75.4 cm³/mol. The molecule has 0 unspecified atom stereocenters. The van der Waals surface area contributed by atoms with Gasteiger partial charge in [-0.3, -0.25) is 0 Å². The lowest BCUT2D eigenvalue weighted by molar-refractivity contribution is 0.316. The number of aromatic hydroxyl groups is 1. The third kappa shape index (κ3) is 3.30. The summed E-state index contributed by atoms with van der Waals surface area (Å²) in [5, 5.41) is 9.65. The molecule has 0 amide bonds. The molecule has 0 heterocycles. The zero-order chi connectivity index (χ0) is 12.3. The minimum absolute atomic E-state index is 0. The number of phenols is 1. The van der Waals surface area contributed by atoms with Crippen molar-refractivity contribution in [3.05, 3.63) is 23.8 Å². The van der Waals surface area contributed by atoms with E-state index in [1.165, 1.54) is 25.7 Å². The van der Waals surface area contributed by atoms with Gasteiger partial charge in [0.05, 0.1) is 6.61 Å². The highest BCUT2D eigenvalue weighted by Crippen LogP contribution is 2.36. The molecule has 0 spiro atoms. The van der Waals surface area contributed by atoms with Crippen LogP contribution in [-0.4, -0.2) is 11.7 Å². The van der Waals surface area contributed by atoms with Crippen molar-refractivity contribution in [3.8, 4) is 11.5 Å². The fourth-order valence-electron chi connectivity index (χ4n) is 2.60. The molecule has 3 N–H and O–H groups in total. The van der Waals surface area contributed by atoms with E-state index >= 15 is 0 Å². The predicted octanol–water partition coefficient (Wildman–Crippen LogP) is 3.40. The summed E-state index contributed by atoms with van der Waals surface area (Å²) in [4.78, 5) is 0. The Labute approximate surface area is 115 Å². The quantitative estimate of drug-likeness (QED) is 0.882. The van der Waals surface area contributed by atoms with E-state index in [9.17, 15) is 5.11 Å². The molecule has 0 saturated heterocycles. The summed E-state index contributed by atoms with van der Waals surface area (Å²) < 4.78 is 5.38. The van der Waals surface area contributed by atoms with Gasteiger partial charge in [0.1, 0.15) is 0 Å². The van der Waals surface area contributed by atoms with Crippen LogP contribution in [0, 0.1) is 5.92 Å². The third-order valence-electron chi connectivity index (χ3n) is 3.58. The topological polar surface area (TPSA) is 55.5 Å². The molecule has 102 valence electrons. The molecule has 1 atom stereocenters.